The van der Waals surface area contributed by atoms with Crippen LogP contribution in [0.4, 0.5) is 5.69 Å². The molecule has 0 bridgehead atoms. The molecule has 0 saturated heterocycles. The van der Waals surface area contributed by atoms with Gasteiger partial charge in [0.15, 0.2) is 11.5 Å². The lowest BCUT2D eigenvalue weighted by molar-refractivity contribution is -0.139. The first-order valence-electron chi connectivity index (χ1n) is 8.60. The van der Waals surface area contributed by atoms with Crippen LogP contribution in [0.2, 0.25) is 10.0 Å². The van der Waals surface area contributed by atoms with Crippen molar-refractivity contribution in [2.75, 3.05) is 26.6 Å². The van der Waals surface area contributed by atoms with Gasteiger partial charge in [0, 0.05) is 38.8 Å². The van der Waals surface area contributed by atoms with E-state index in [4.69, 9.17) is 37.4 Å². The molecule has 2 aromatic rings. The molecule has 0 spiro atoms. The van der Waals surface area contributed by atoms with Gasteiger partial charge in [-0.1, -0.05) is 30.1 Å². The summed E-state index contributed by atoms with van der Waals surface area (Å²) >= 11 is 12.7. The molecule has 2 N–H and O–H groups in total. The second-order valence-corrected chi connectivity index (χ2v) is 7.44. The summed E-state index contributed by atoms with van der Waals surface area (Å²) in [5.41, 5.74) is 2.11. The number of ether oxygens (including phenoxy) is 3. The van der Waals surface area contributed by atoms with Gasteiger partial charge in [-0.15, -0.1) is 0 Å². The van der Waals surface area contributed by atoms with Crippen LogP contribution >= 0.6 is 23.2 Å². The molecule has 0 amide bonds. The van der Waals surface area contributed by atoms with Crippen LogP contribution in [0.15, 0.2) is 24.3 Å². The van der Waals surface area contributed by atoms with E-state index in [1.54, 1.807) is 45.6 Å². The van der Waals surface area contributed by atoms with Crippen molar-refractivity contribution >= 4 is 34.9 Å². The Morgan fingerprint density at radius 1 is 1.00 bits per heavy atom. The number of carboxylic acid groups (broad SMARTS) is 1. The van der Waals surface area contributed by atoms with Crippen LogP contribution in [0.25, 0.3) is 0 Å². The summed E-state index contributed by atoms with van der Waals surface area (Å²) < 4.78 is 16.4. The largest absolute Gasteiger partial charge is 0.496 e. The number of anilines is 1. The van der Waals surface area contributed by atoms with Gasteiger partial charge in [-0.2, -0.15) is 0 Å². The first kappa shape index (κ1) is 20.4. The average Bonchev–Trinajstić information content (AvgIpc) is 2.66. The monoisotopic (exact) mass is 425 g/mol. The maximum absolute atomic E-state index is 11.9. The van der Waals surface area contributed by atoms with Crippen molar-refractivity contribution in [2.45, 2.75) is 18.9 Å². The van der Waals surface area contributed by atoms with E-state index in [9.17, 15) is 9.90 Å². The Hall–Kier alpha value is -2.31. The third-order valence-electron chi connectivity index (χ3n) is 5.10. The third-order valence-corrected chi connectivity index (χ3v) is 5.64. The second kappa shape index (κ2) is 7.97. The fourth-order valence-corrected chi connectivity index (χ4v) is 4.41. The fraction of sp³-hybridized carbons (Fsp3) is 0.350. The predicted molar refractivity (Wildman–Crippen MR) is 109 cm³/mol. The minimum atomic E-state index is -0.960. The minimum Gasteiger partial charge on any atom is -0.496 e. The van der Waals surface area contributed by atoms with Crippen molar-refractivity contribution < 1.29 is 24.1 Å². The number of rotatable bonds is 5. The van der Waals surface area contributed by atoms with Gasteiger partial charge in [-0.05, 0) is 24.1 Å². The van der Waals surface area contributed by atoms with E-state index in [2.05, 4.69) is 5.32 Å². The van der Waals surface area contributed by atoms with Crippen LogP contribution in [0.3, 0.4) is 0 Å². The minimum absolute atomic E-state index is 0.337. The number of fused-ring (bicyclic) bond motifs is 1. The number of hydrogen-bond donors (Lipinski definition) is 2. The molecule has 1 heterocycles. The maximum atomic E-state index is 11.9. The van der Waals surface area contributed by atoms with E-state index in [-0.39, 0.29) is 11.8 Å². The van der Waals surface area contributed by atoms with Crippen molar-refractivity contribution in [2.24, 2.45) is 5.92 Å². The maximum Gasteiger partial charge on any atom is 0.326 e. The van der Waals surface area contributed by atoms with Gasteiger partial charge in [0.2, 0.25) is 0 Å². The molecular formula is C20H21Cl2NO5. The summed E-state index contributed by atoms with van der Waals surface area (Å²) in [6.07, 6.45) is 0. The van der Waals surface area contributed by atoms with Crippen LogP contribution in [0.1, 0.15) is 24.0 Å². The zero-order valence-corrected chi connectivity index (χ0v) is 17.4. The summed E-state index contributed by atoms with van der Waals surface area (Å²) in [4.78, 5) is 11.9. The molecular weight excluding hydrogens is 405 g/mol. The van der Waals surface area contributed by atoms with E-state index in [0.29, 0.717) is 33.0 Å². The summed E-state index contributed by atoms with van der Waals surface area (Å²) in [5, 5.41) is 13.7. The van der Waals surface area contributed by atoms with E-state index < -0.39 is 12.0 Å². The van der Waals surface area contributed by atoms with Crippen molar-refractivity contribution in [3.05, 3.63) is 45.4 Å². The van der Waals surface area contributed by atoms with Gasteiger partial charge < -0.3 is 24.6 Å². The first-order chi connectivity index (χ1) is 13.3. The molecule has 6 nitrogen and oxygen atoms in total. The van der Waals surface area contributed by atoms with Gasteiger partial charge in [0.1, 0.15) is 11.8 Å². The molecule has 1 aliphatic rings. The number of hydrogen-bond acceptors (Lipinski definition) is 5. The molecule has 3 unspecified atom stereocenters. The lowest BCUT2D eigenvalue weighted by Crippen LogP contribution is -2.42. The smallest absolute Gasteiger partial charge is 0.326 e. The van der Waals surface area contributed by atoms with Crippen molar-refractivity contribution in [3.8, 4) is 17.2 Å². The predicted octanol–water partition coefficient (Wildman–Crippen LogP) is 4.67. The van der Waals surface area contributed by atoms with Gasteiger partial charge in [0.25, 0.3) is 0 Å². The zero-order chi connectivity index (χ0) is 20.6. The van der Waals surface area contributed by atoms with Crippen LogP contribution in [-0.2, 0) is 4.79 Å². The van der Waals surface area contributed by atoms with E-state index in [1.165, 1.54) is 0 Å². The molecule has 0 aliphatic carbocycles. The molecule has 2 aromatic carbocycles. The summed E-state index contributed by atoms with van der Waals surface area (Å²) in [5.74, 6) is -0.0758. The van der Waals surface area contributed by atoms with E-state index >= 15 is 0 Å². The number of benzene rings is 2. The second-order valence-electron chi connectivity index (χ2n) is 6.60. The Kier molecular flexibility index (Phi) is 5.82. The Balaban J connectivity index is 2.29. The Labute approximate surface area is 173 Å². The van der Waals surface area contributed by atoms with Crippen LogP contribution < -0.4 is 19.5 Å². The number of nitrogens with one attached hydrogen (secondary N) is 1. The summed E-state index contributed by atoms with van der Waals surface area (Å²) in [7, 11) is 4.63. The van der Waals surface area contributed by atoms with Gasteiger partial charge in [0.05, 0.1) is 21.3 Å². The molecule has 0 fully saturated rings. The lowest BCUT2D eigenvalue weighted by Gasteiger charge is -2.38. The first-order valence-corrected chi connectivity index (χ1v) is 9.36. The molecule has 150 valence electrons. The van der Waals surface area contributed by atoms with Crippen LogP contribution in [0.5, 0.6) is 17.2 Å². The van der Waals surface area contributed by atoms with Gasteiger partial charge in [-0.3, -0.25) is 0 Å². The van der Waals surface area contributed by atoms with Crippen molar-refractivity contribution in [1.82, 2.24) is 0 Å². The third kappa shape index (κ3) is 3.42. The highest BCUT2D eigenvalue weighted by molar-refractivity contribution is 6.35. The highest BCUT2D eigenvalue weighted by Gasteiger charge is 2.41. The number of halogens is 2. The van der Waals surface area contributed by atoms with Crippen molar-refractivity contribution in [1.29, 1.82) is 0 Å². The molecule has 28 heavy (non-hydrogen) atoms. The molecule has 1 aliphatic heterocycles. The Morgan fingerprint density at radius 3 is 2.18 bits per heavy atom. The highest BCUT2D eigenvalue weighted by Crippen LogP contribution is 2.50. The lowest BCUT2D eigenvalue weighted by atomic mass is 9.74. The average molecular weight is 426 g/mol. The van der Waals surface area contributed by atoms with Crippen molar-refractivity contribution in [3.63, 3.8) is 0 Å². The Morgan fingerprint density at radius 2 is 1.61 bits per heavy atom. The molecule has 0 saturated carbocycles. The molecule has 8 heteroatoms. The normalized spacial score (nSPS) is 20.7. The topological polar surface area (TPSA) is 77.0 Å². The Bertz CT molecular complexity index is 918. The standard InChI is InChI=1S/C20H21Cl2NO5/c1-9-17(11-7-15(27-3)16(28-4)8-14(11)26-2)18-12(22)5-10(21)6-13(18)23-19(9)20(24)25/h5-9,17,19,23H,1-4H3,(H,24,25). The zero-order valence-electron chi connectivity index (χ0n) is 15.9. The number of methoxy groups -OCH3 is 3. The molecule has 3 atom stereocenters. The fourth-order valence-electron chi connectivity index (χ4n) is 3.80. The van der Waals surface area contributed by atoms with Gasteiger partial charge >= 0.3 is 5.97 Å². The van der Waals surface area contributed by atoms with Crippen LogP contribution in [-0.4, -0.2) is 38.4 Å². The van der Waals surface area contributed by atoms with Crippen LogP contribution in [0, 0.1) is 5.92 Å². The molecule has 3 rings (SSSR count). The molecule has 0 radical (unpaired) electrons. The summed E-state index contributed by atoms with van der Waals surface area (Å²) in [6, 6.07) is 6.03. The number of carbonyl (C=O) groups is 1. The van der Waals surface area contributed by atoms with Gasteiger partial charge in [-0.25, -0.2) is 4.79 Å². The SMILES string of the molecule is COc1cc(OC)c(C2c3c(Cl)cc(Cl)cc3NC(C(=O)O)C2C)cc1OC. The quantitative estimate of drug-likeness (QED) is 0.724. The highest BCUT2D eigenvalue weighted by atomic mass is 35.5. The van der Waals surface area contributed by atoms with E-state index in [0.717, 1.165) is 11.1 Å². The van der Waals surface area contributed by atoms with E-state index in [1.807, 2.05) is 6.92 Å². The number of aliphatic carboxylic acids is 1. The molecule has 0 aromatic heterocycles. The summed E-state index contributed by atoms with van der Waals surface area (Å²) in [6.45, 7) is 1.86. The number of carboxylic acids is 1.